The molecule has 1 N–H and O–H groups in total. The molecular formula is C15H17NO3S2. The van der Waals surface area contributed by atoms with Crippen molar-refractivity contribution in [1.82, 2.24) is 0 Å². The molecule has 6 heteroatoms. The van der Waals surface area contributed by atoms with Crippen LogP contribution in [0.15, 0.2) is 52.3 Å². The zero-order chi connectivity index (χ0) is 15.5. The fourth-order valence-electron chi connectivity index (χ4n) is 1.89. The van der Waals surface area contributed by atoms with E-state index in [0.29, 0.717) is 11.4 Å². The second-order valence-electron chi connectivity index (χ2n) is 4.47. The first-order valence-electron chi connectivity index (χ1n) is 6.28. The van der Waals surface area contributed by atoms with Crippen LogP contribution in [0.2, 0.25) is 0 Å². The van der Waals surface area contributed by atoms with Crippen LogP contribution in [0.3, 0.4) is 0 Å². The smallest absolute Gasteiger partial charge is 0.261 e. The molecule has 112 valence electrons. The maximum Gasteiger partial charge on any atom is 0.261 e. The quantitative estimate of drug-likeness (QED) is 0.855. The summed E-state index contributed by atoms with van der Waals surface area (Å²) in [6.07, 6.45) is 1.97. The van der Waals surface area contributed by atoms with Gasteiger partial charge in [-0.1, -0.05) is 0 Å². The molecule has 0 saturated heterocycles. The highest BCUT2D eigenvalue weighted by Crippen LogP contribution is 2.24. The van der Waals surface area contributed by atoms with Gasteiger partial charge in [-0.3, -0.25) is 4.72 Å². The predicted molar refractivity (Wildman–Crippen MR) is 86.8 cm³/mol. The molecule has 0 aliphatic carbocycles. The molecule has 0 amide bonds. The van der Waals surface area contributed by atoms with Crippen LogP contribution in [0.25, 0.3) is 0 Å². The molecule has 2 aromatic carbocycles. The van der Waals surface area contributed by atoms with Gasteiger partial charge in [0.2, 0.25) is 0 Å². The van der Waals surface area contributed by atoms with E-state index in [2.05, 4.69) is 4.72 Å². The summed E-state index contributed by atoms with van der Waals surface area (Å²) in [7, 11) is -2.04. The van der Waals surface area contributed by atoms with Crippen LogP contribution in [-0.4, -0.2) is 21.8 Å². The van der Waals surface area contributed by atoms with Gasteiger partial charge in [-0.25, -0.2) is 8.42 Å². The molecule has 0 saturated carbocycles. The van der Waals surface area contributed by atoms with Crippen LogP contribution < -0.4 is 9.46 Å². The number of rotatable bonds is 5. The normalized spacial score (nSPS) is 11.2. The third-order valence-electron chi connectivity index (χ3n) is 3.02. The van der Waals surface area contributed by atoms with Gasteiger partial charge in [-0.05, 0) is 61.2 Å². The number of benzene rings is 2. The number of anilines is 1. The summed E-state index contributed by atoms with van der Waals surface area (Å²) >= 11 is 1.61. The maximum absolute atomic E-state index is 12.4. The van der Waals surface area contributed by atoms with Crippen LogP contribution in [0.5, 0.6) is 5.75 Å². The molecule has 0 aliphatic heterocycles. The highest BCUT2D eigenvalue weighted by Gasteiger charge is 2.15. The summed E-state index contributed by atoms with van der Waals surface area (Å²) in [5, 5.41) is 0. The number of methoxy groups -OCH3 is 1. The van der Waals surface area contributed by atoms with E-state index < -0.39 is 10.0 Å². The Bertz CT molecular complexity index is 725. The number of nitrogens with one attached hydrogen (secondary N) is 1. The van der Waals surface area contributed by atoms with E-state index in [-0.39, 0.29) is 4.90 Å². The third-order valence-corrected chi connectivity index (χ3v) is 5.14. The second kappa shape index (κ2) is 6.41. The van der Waals surface area contributed by atoms with Crippen molar-refractivity contribution < 1.29 is 13.2 Å². The van der Waals surface area contributed by atoms with E-state index >= 15 is 0 Å². The lowest BCUT2D eigenvalue weighted by atomic mass is 10.2. The summed E-state index contributed by atoms with van der Waals surface area (Å²) < 4.78 is 32.4. The molecule has 0 spiro atoms. The summed E-state index contributed by atoms with van der Waals surface area (Å²) in [4.78, 5) is 1.30. The van der Waals surface area contributed by atoms with E-state index in [1.807, 2.05) is 25.3 Å². The van der Waals surface area contributed by atoms with Crippen molar-refractivity contribution in [3.05, 3.63) is 48.0 Å². The van der Waals surface area contributed by atoms with Crippen molar-refractivity contribution in [1.29, 1.82) is 0 Å². The van der Waals surface area contributed by atoms with Crippen LogP contribution in [0.4, 0.5) is 5.69 Å². The number of sulfonamides is 1. The number of hydrogen-bond donors (Lipinski definition) is 1. The zero-order valence-electron chi connectivity index (χ0n) is 12.1. The molecule has 0 bridgehead atoms. The average molecular weight is 323 g/mol. The topological polar surface area (TPSA) is 55.4 Å². The first-order chi connectivity index (χ1) is 9.96. The number of thioether (sulfide) groups is 1. The zero-order valence-corrected chi connectivity index (χ0v) is 13.7. The number of ether oxygens (including phenoxy) is 1. The molecule has 0 heterocycles. The van der Waals surface area contributed by atoms with Crippen LogP contribution >= 0.6 is 11.8 Å². The third kappa shape index (κ3) is 3.71. The molecular weight excluding hydrogens is 306 g/mol. The summed E-state index contributed by atoms with van der Waals surface area (Å²) in [6, 6.07) is 12.0. The number of aryl methyl sites for hydroxylation is 1. The lowest BCUT2D eigenvalue weighted by Gasteiger charge is -2.10. The van der Waals surface area contributed by atoms with Crippen molar-refractivity contribution in [2.45, 2.75) is 16.7 Å². The molecule has 0 atom stereocenters. The number of hydrogen-bond acceptors (Lipinski definition) is 4. The van der Waals surface area contributed by atoms with Gasteiger partial charge >= 0.3 is 0 Å². The fraction of sp³-hybridized carbons (Fsp3) is 0.200. The van der Waals surface area contributed by atoms with Crippen LogP contribution in [0.1, 0.15) is 5.56 Å². The van der Waals surface area contributed by atoms with Gasteiger partial charge in [0.05, 0.1) is 12.0 Å². The highest BCUT2D eigenvalue weighted by molar-refractivity contribution is 7.98. The van der Waals surface area contributed by atoms with Crippen molar-refractivity contribution >= 4 is 27.5 Å². The van der Waals surface area contributed by atoms with E-state index in [1.54, 1.807) is 43.1 Å². The monoisotopic (exact) mass is 323 g/mol. The van der Waals surface area contributed by atoms with Crippen molar-refractivity contribution in [3.8, 4) is 5.75 Å². The summed E-state index contributed by atoms with van der Waals surface area (Å²) in [5.41, 5.74) is 1.32. The predicted octanol–water partition coefficient (Wildman–Crippen LogP) is 3.53. The molecule has 4 nitrogen and oxygen atoms in total. The van der Waals surface area contributed by atoms with Crippen molar-refractivity contribution in [3.63, 3.8) is 0 Å². The fourth-order valence-corrected chi connectivity index (χ4v) is 3.44. The first-order valence-corrected chi connectivity index (χ1v) is 8.98. The average Bonchev–Trinajstić information content (AvgIpc) is 2.47. The summed E-state index contributed by atoms with van der Waals surface area (Å²) in [5.74, 6) is 0.665. The van der Waals surface area contributed by atoms with Crippen molar-refractivity contribution in [2.24, 2.45) is 0 Å². The van der Waals surface area contributed by atoms with Crippen LogP contribution in [0, 0.1) is 6.92 Å². The van der Waals surface area contributed by atoms with Gasteiger partial charge in [0.1, 0.15) is 5.75 Å². The van der Waals surface area contributed by atoms with Gasteiger partial charge in [0.15, 0.2) is 0 Å². The molecule has 0 unspecified atom stereocenters. The largest absolute Gasteiger partial charge is 0.496 e. The SMILES string of the molecule is COc1ccc(S(=O)(=O)Nc2ccc(SC)cc2)cc1C. The standard InChI is InChI=1S/C15H17NO3S2/c1-11-10-14(8-9-15(11)19-2)21(17,18)16-12-4-6-13(20-3)7-5-12/h4-10,16H,1-3H3. The minimum atomic E-state index is -3.59. The van der Waals surface area contributed by atoms with Crippen LogP contribution in [-0.2, 0) is 10.0 Å². The first kappa shape index (κ1) is 15.7. The van der Waals surface area contributed by atoms with Gasteiger partial charge in [-0.15, -0.1) is 11.8 Å². The van der Waals surface area contributed by atoms with E-state index in [4.69, 9.17) is 4.74 Å². The van der Waals surface area contributed by atoms with Gasteiger partial charge in [0, 0.05) is 10.6 Å². The second-order valence-corrected chi connectivity index (χ2v) is 7.03. The Labute approximate surface area is 129 Å². The lowest BCUT2D eigenvalue weighted by molar-refractivity contribution is 0.411. The summed E-state index contributed by atoms with van der Waals surface area (Å²) in [6.45, 7) is 1.81. The Hall–Kier alpha value is -1.66. The van der Waals surface area contributed by atoms with Gasteiger partial charge in [-0.2, -0.15) is 0 Å². The minimum Gasteiger partial charge on any atom is -0.496 e. The van der Waals surface area contributed by atoms with Crippen molar-refractivity contribution in [2.75, 3.05) is 18.1 Å². The van der Waals surface area contributed by atoms with E-state index in [1.165, 1.54) is 6.07 Å². The molecule has 0 fully saturated rings. The Morgan fingerprint density at radius 3 is 2.29 bits per heavy atom. The Kier molecular flexibility index (Phi) is 4.80. The lowest BCUT2D eigenvalue weighted by Crippen LogP contribution is -2.13. The maximum atomic E-state index is 12.4. The molecule has 0 aromatic heterocycles. The molecule has 2 rings (SSSR count). The Morgan fingerprint density at radius 1 is 1.10 bits per heavy atom. The van der Waals surface area contributed by atoms with Gasteiger partial charge < -0.3 is 4.74 Å². The Morgan fingerprint density at radius 2 is 1.76 bits per heavy atom. The molecule has 21 heavy (non-hydrogen) atoms. The van der Waals surface area contributed by atoms with E-state index in [9.17, 15) is 8.42 Å². The molecule has 2 aromatic rings. The minimum absolute atomic E-state index is 0.217. The molecule has 0 aliphatic rings. The Balaban J connectivity index is 2.26. The van der Waals surface area contributed by atoms with Gasteiger partial charge in [0.25, 0.3) is 10.0 Å². The molecule has 0 radical (unpaired) electrons. The van der Waals surface area contributed by atoms with E-state index in [0.717, 1.165) is 10.5 Å². The highest BCUT2D eigenvalue weighted by atomic mass is 32.2.